The zero-order valence-electron chi connectivity index (χ0n) is 20.0. The lowest BCUT2D eigenvalue weighted by atomic mass is 9.97. The van der Waals surface area contributed by atoms with E-state index in [9.17, 15) is 22.8 Å². The Balaban J connectivity index is 1.07. The minimum atomic E-state index is -4.37. The number of amides is 2. The fourth-order valence-electron chi connectivity index (χ4n) is 4.32. The predicted molar refractivity (Wildman–Crippen MR) is 140 cm³/mol. The number of thiazole rings is 2. The SMILES string of the molecule is O=C(Nc1ccc2ncsc2c1)Oc1csc(C2CCN(C(=O)CCc3ccc(C(F)(F)F)cc3)CC2)n1. The van der Waals surface area contributed by atoms with Crippen LogP contribution in [0.2, 0.25) is 0 Å². The van der Waals surface area contributed by atoms with Crippen LogP contribution in [-0.4, -0.2) is 40.0 Å². The van der Waals surface area contributed by atoms with Gasteiger partial charge in [-0.25, -0.2) is 14.8 Å². The molecule has 1 N–H and O–H groups in total. The number of ether oxygens (including phenoxy) is 1. The van der Waals surface area contributed by atoms with E-state index in [0.717, 1.165) is 40.2 Å². The van der Waals surface area contributed by atoms with Gasteiger partial charge in [0, 0.05) is 31.1 Å². The van der Waals surface area contributed by atoms with E-state index in [-0.39, 0.29) is 24.1 Å². The summed E-state index contributed by atoms with van der Waals surface area (Å²) in [5, 5.41) is 5.26. The van der Waals surface area contributed by atoms with Crippen molar-refractivity contribution >= 4 is 50.6 Å². The van der Waals surface area contributed by atoms with Crippen LogP contribution in [0.3, 0.4) is 0 Å². The molecule has 38 heavy (non-hydrogen) atoms. The van der Waals surface area contributed by atoms with Gasteiger partial charge in [0.15, 0.2) is 0 Å². The summed E-state index contributed by atoms with van der Waals surface area (Å²) in [5.74, 6) is 0.379. The van der Waals surface area contributed by atoms with Crippen molar-refractivity contribution in [2.75, 3.05) is 18.4 Å². The second-order valence-corrected chi connectivity index (χ2v) is 10.7. The molecule has 0 atom stereocenters. The van der Waals surface area contributed by atoms with E-state index in [4.69, 9.17) is 4.74 Å². The van der Waals surface area contributed by atoms with Crippen LogP contribution in [0, 0.1) is 0 Å². The van der Waals surface area contributed by atoms with E-state index in [1.807, 2.05) is 12.1 Å². The van der Waals surface area contributed by atoms with Gasteiger partial charge < -0.3 is 9.64 Å². The normalized spacial score (nSPS) is 14.6. The van der Waals surface area contributed by atoms with Crippen molar-refractivity contribution < 1.29 is 27.5 Å². The summed E-state index contributed by atoms with van der Waals surface area (Å²) < 4.78 is 44.4. The number of piperidine rings is 1. The van der Waals surface area contributed by atoms with E-state index in [2.05, 4.69) is 15.3 Å². The summed E-state index contributed by atoms with van der Waals surface area (Å²) in [6.45, 7) is 1.15. The molecule has 1 fully saturated rings. The second-order valence-electron chi connectivity index (χ2n) is 8.92. The van der Waals surface area contributed by atoms with Crippen molar-refractivity contribution in [2.24, 2.45) is 0 Å². The minimum absolute atomic E-state index is 0.0142. The summed E-state index contributed by atoms with van der Waals surface area (Å²) in [7, 11) is 0. The second kappa shape index (κ2) is 11.1. The average molecular weight is 561 g/mol. The molecule has 4 aromatic rings. The zero-order chi connectivity index (χ0) is 26.7. The van der Waals surface area contributed by atoms with Crippen molar-refractivity contribution in [3.8, 4) is 5.88 Å². The molecular weight excluding hydrogens is 537 g/mol. The lowest BCUT2D eigenvalue weighted by Gasteiger charge is -2.31. The van der Waals surface area contributed by atoms with Gasteiger partial charge in [0.05, 0.1) is 31.7 Å². The fraction of sp³-hybridized carbons (Fsp3) is 0.308. The topological polar surface area (TPSA) is 84.4 Å². The van der Waals surface area contributed by atoms with Gasteiger partial charge >= 0.3 is 12.3 Å². The molecule has 12 heteroatoms. The van der Waals surface area contributed by atoms with E-state index in [1.54, 1.807) is 21.9 Å². The molecule has 0 unspecified atom stereocenters. The summed E-state index contributed by atoms with van der Waals surface area (Å²) in [6.07, 6.45) is -2.88. The molecule has 2 amide bonds. The maximum atomic E-state index is 12.7. The first-order chi connectivity index (χ1) is 18.2. The highest BCUT2D eigenvalue weighted by atomic mass is 32.1. The highest BCUT2D eigenvalue weighted by Crippen LogP contribution is 2.33. The Morgan fingerprint density at radius 3 is 2.58 bits per heavy atom. The summed E-state index contributed by atoms with van der Waals surface area (Å²) in [5.41, 5.74) is 3.22. The first kappa shape index (κ1) is 26.1. The number of carbonyl (C=O) groups excluding carboxylic acids is 2. The first-order valence-corrected chi connectivity index (χ1v) is 13.7. The van der Waals surface area contributed by atoms with Gasteiger partial charge in [-0.1, -0.05) is 12.1 Å². The highest BCUT2D eigenvalue weighted by molar-refractivity contribution is 7.16. The summed E-state index contributed by atoms with van der Waals surface area (Å²) in [4.78, 5) is 35.4. The number of hydrogen-bond donors (Lipinski definition) is 1. The number of aromatic nitrogens is 2. The lowest BCUT2D eigenvalue weighted by Crippen LogP contribution is -2.38. The third-order valence-corrected chi connectivity index (χ3v) is 8.16. The number of rotatable bonds is 6. The predicted octanol–water partition coefficient (Wildman–Crippen LogP) is 6.72. The number of aryl methyl sites for hydroxylation is 1. The Hall–Kier alpha value is -3.51. The molecule has 2 aromatic carbocycles. The standard InChI is InChI=1S/C26H23F3N4O3S2/c27-26(28,29)18-4-1-16(2-5-18)3-8-23(34)33-11-9-17(10-12-33)24-32-22(14-37-24)36-25(35)31-19-6-7-20-21(13-19)38-15-30-20/h1-2,4-7,13-15,17H,3,8-12H2,(H,31,35). The average Bonchev–Trinajstić information content (AvgIpc) is 3.56. The van der Waals surface area contributed by atoms with Gasteiger partial charge in [0.1, 0.15) is 0 Å². The number of nitrogens with one attached hydrogen (secondary N) is 1. The first-order valence-electron chi connectivity index (χ1n) is 12.0. The molecular formula is C26H23F3N4O3S2. The highest BCUT2D eigenvalue weighted by Gasteiger charge is 2.30. The molecule has 5 rings (SSSR count). The van der Waals surface area contributed by atoms with Crippen molar-refractivity contribution in [2.45, 2.75) is 37.8 Å². The Kier molecular flexibility index (Phi) is 7.61. The Labute approximate surface area is 224 Å². The largest absolute Gasteiger partial charge is 0.418 e. The number of fused-ring (bicyclic) bond motifs is 1. The van der Waals surface area contributed by atoms with E-state index >= 15 is 0 Å². The number of likely N-dealkylation sites (tertiary alicyclic amines) is 1. The monoisotopic (exact) mass is 560 g/mol. The Morgan fingerprint density at radius 1 is 1.08 bits per heavy atom. The van der Waals surface area contributed by atoms with Crippen LogP contribution in [0.25, 0.3) is 10.2 Å². The molecule has 0 saturated carbocycles. The Morgan fingerprint density at radius 2 is 1.84 bits per heavy atom. The molecule has 1 aliphatic rings. The van der Waals surface area contributed by atoms with E-state index in [1.165, 1.54) is 34.8 Å². The number of nitrogens with zero attached hydrogens (tertiary/aromatic N) is 3. The van der Waals surface area contributed by atoms with Crippen LogP contribution in [-0.2, 0) is 17.4 Å². The summed E-state index contributed by atoms with van der Waals surface area (Å²) >= 11 is 2.90. The van der Waals surface area contributed by atoms with Crippen molar-refractivity contribution in [3.05, 3.63) is 69.5 Å². The molecule has 0 spiro atoms. The van der Waals surface area contributed by atoms with Crippen LogP contribution in [0.5, 0.6) is 5.88 Å². The number of halogens is 3. The van der Waals surface area contributed by atoms with Gasteiger partial charge in [-0.3, -0.25) is 10.1 Å². The number of alkyl halides is 3. The Bertz CT molecular complexity index is 1430. The molecule has 3 heterocycles. The van der Waals surface area contributed by atoms with Gasteiger partial charge in [0.2, 0.25) is 11.8 Å². The van der Waals surface area contributed by atoms with Crippen LogP contribution in [0.4, 0.5) is 23.7 Å². The number of hydrogen-bond acceptors (Lipinski definition) is 7. The van der Waals surface area contributed by atoms with Gasteiger partial charge in [0.25, 0.3) is 0 Å². The zero-order valence-corrected chi connectivity index (χ0v) is 21.7. The molecule has 0 aliphatic carbocycles. The molecule has 2 aromatic heterocycles. The maximum Gasteiger partial charge on any atom is 0.418 e. The van der Waals surface area contributed by atoms with Crippen LogP contribution in [0.1, 0.15) is 41.3 Å². The molecule has 0 bridgehead atoms. The van der Waals surface area contributed by atoms with Gasteiger partial charge in [-0.2, -0.15) is 13.2 Å². The molecule has 7 nitrogen and oxygen atoms in total. The van der Waals surface area contributed by atoms with Crippen molar-refractivity contribution in [1.29, 1.82) is 0 Å². The van der Waals surface area contributed by atoms with Crippen LogP contribution >= 0.6 is 22.7 Å². The molecule has 198 valence electrons. The van der Waals surface area contributed by atoms with Crippen LogP contribution in [0.15, 0.2) is 53.4 Å². The molecule has 1 aliphatic heterocycles. The fourth-order valence-corrected chi connectivity index (χ4v) is 5.93. The van der Waals surface area contributed by atoms with Gasteiger partial charge in [-0.15, -0.1) is 22.7 Å². The van der Waals surface area contributed by atoms with Crippen molar-refractivity contribution in [1.82, 2.24) is 14.9 Å². The van der Waals surface area contributed by atoms with Crippen LogP contribution < -0.4 is 10.1 Å². The van der Waals surface area contributed by atoms with Gasteiger partial charge in [-0.05, 0) is 55.2 Å². The number of benzene rings is 2. The van der Waals surface area contributed by atoms with Crippen molar-refractivity contribution in [3.63, 3.8) is 0 Å². The molecule has 1 saturated heterocycles. The maximum absolute atomic E-state index is 12.7. The quantitative estimate of drug-likeness (QED) is 0.283. The minimum Gasteiger partial charge on any atom is -0.390 e. The summed E-state index contributed by atoms with van der Waals surface area (Å²) in [6, 6.07) is 10.3. The smallest absolute Gasteiger partial charge is 0.390 e. The third-order valence-electron chi connectivity index (χ3n) is 6.38. The molecule has 0 radical (unpaired) electrons. The van der Waals surface area contributed by atoms with E-state index in [0.29, 0.717) is 30.8 Å². The number of carbonyl (C=O) groups is 2. The number of anilines is 1. The third kappa shape index (κ3) is 6.30. The van der Waals surface area contributed by atoms with E-state index < -0.39 is 17.8 Å². The lowest BCUT2D eigenvalue weighted by molar-refractivity contribution is -0.137.